The molecule has 2 fully saturated rings. The first-order chi connectivity index (χ1) is 11.8. The Morgan fingerprint density at radius 1 is 1.20 bits per heavy atom. The van der Waals surface area contributed by atoms with Gasteiger partial charge in [0.2, 0.25) is 15.9 Å². The summed E-state index contributed by atoms with van der Waals surface area (Å²) in [6.07, 6.45) is 4.94. The van der Waals surface area contributed by atoms with Crippen LogP contribution >= 0.6 is 0 Å². The molecule has 0 aliphatic carbocycles. The molecule has 0 bridgehead atoms. The fraction of sp³-hybridized carbons (Fsp3) is 0.750. The molecule has 140 valence electrons. The minimum absolute atomic E-state index is 0.134. The van der Waals surface area contributed by atoms with Crippen molar-refractivity contribution >= 4 is 15.9 Å². The Balaban J connectivity index is 1.85. The normalized spacial score (nSPS) is 27.0. The first-order valence-electron chi connectivity index (χ1n) is 8.76. The van der Waals surface area contributed by atoms with Gasteiger partial charge in [-0.2, -0.15) is 9.40 Å². The van der Waals surface area contributed by atoms with Crippen molar-refractivity contribution < 1.29 is 13.2 Å². The molecule has 3 rings (SSSR count). The Hall–Kier alpha value is -1.45. The largest absolute Gasteiger partial charge is 0.346 e. The number of nitrogens with zero attached hydrogens (tertiary/aromatic N) is 5. The molecular weight excluding hydrogens is 342 g/mol. The molecular formula is C16H27N5O3S. The van der Waals surface area contributed by atoms with Gasteiger partial charge in [0.15, 0.2) is 0 Å². The summed E-state index contributed by atoms with van der Waals surface area (Å²) in [6.45, 7) is 4.76. The molecule has 9 heteroatoms. The molecule has 3 heterocycles. The summed E-state index contributed by atoms with van der Waals surface area (Å²) in [7, 11) is 0.290. The molecule has 1 aromatic heterocycles. The zero-order valence-electron chi connectivity index (χ0n) is 15.2. The van der Waals surface area contributed by atoms with Crippen molar-refractivity contribution in [2.24, 2.45) is 0 Å². The van der Waals surface area contributed by atoms with Crippen LogP contribution in [0.2, 0.25) is 0 Å². The van der Waals surface area contributed by atoms with E-state index in [1.54, 1.807) is 20.1 Å². The van der Waals surface area contributed by atoms with Gasteiger partial charge in [-0.25, -0.2) is 8.42 Å². The Morgan fingerprint density at radius 3 is 2.64 bits per heavy atom. The van der Waals surface area contributed by atoms with Crippen LogP contribution in [0.5, 0.6) is 0 Å². The van der Waals surface area contributed by atoms with Crippen LogP contribution in [0.25, 0.3) is 0 Å². The Labute approximate surface area is 149 Å². The van der Waals surface area contributed by atoms with Gasteiger partial charge in [0.1, 0.15) is 4.90 Å². The van der Waals surface area contributed by atoms with Crippen LogP contribution < -0.4 is 0 Å². The SMILES string of the molecule is CCn1cc(S(=O)(=O)N2CCN(C)[C@@]3(CCC(=O)N(C)CC3)C2)cn1. The van der Waals surface area contributed by atoms with Crippen LogP contribution in [0.1, 0.15) is 26.2 Å². The molecule has 2 saturated heterocycles. The summed E-state index contributed by atoms with van der Waals surface area (Å²) >= 11 is 0. The summed E-state index contributed by atoms with van der Waals surface area (Å²) in [5.41, 5.74) is -0.285. The highest BCUT2D eigenvalue weighted by Crippen LogP contribution is 2.33. The molecule has 2 aliphatic rings. The summed E-state index contributed by atoms with van der Waals surface area (Å²) < 4.78 is 29.3. The third-order valence-electron chi connectivity index (χ3n) is 5.68. The standard InChI is InChI=1S/C16H27N5O3S/c1-4-20-12-14(11-17-20)25(23,24)21-10-9-19(3)16(13-21)6-5-15(22)18(2)8-7-16/h11-12H,4-10,13H2,1-3H3/t16-/m1/s1. The third kappa shape index (κ3) is 3.32. The number of carbonyl (C=O) groups excluding carboxylic acids is 1. The Morgan fingerprint density at radius 2 is 1.96 bits per heavy atom. The van der Waals surface area contributed by atoms with E-state index in [9.17, 15) is 13.2 Å². The molecule has 1 atom stereocenters. The monoisotopic (exact) mass is 369 g/mol. The lowest BCUT2D eigenvalue weighted by molar-refractivity contribution is -0.129. The number of piperazine rings is 1. The van der Waals surface area contributed by atoms with E-state index in [0.717, 1.165) is 6.42 Å². The molecule has 1 amide bonds. The average molecular weight is 369 g/mol. The number of rotatable bonds is 3. The molecule has 0 saturated carbocycles. The van der Waals surface area contributed by atoms with E-state index in [-0.39, 0.29) is 16.3 Å². The molecule has 1 spiro atoms. The number of aromatic nitrogens is 2. The second-order valence-electron chi connectivity index (χ2n) is 7.08. The van der Waals surface area contributed by atoms with Gasteiger partial charge in [-0.05, 0) is 26.8 Å². The number of likely N-dealkylation sites (N-methyl/N-ethyl adjacent to an activating group) is 1. The van der Waals surface area contributed by atoms with Gasteiger partial charge < -0.3 is 4.90 Å². The molecule has 8 nitrogen and oxygen atoms in total. The van der Waals surface area contributed by atoms with E-state index in [4.69, 9.17) is 0 Å². The maximum absolute atomic E-state index is 13.0. The van der Waals surface area contributed by atoms with Gasteiger partial charge in [-0.1, -0.05) is 0 Å². The van der Waals surface area contributed by atoms with Crippen LogP contribution in [0.4, 0.5) is 0 Å². The highest BCUT2D eigenvalue weighted by Gasteiger charge is 2.45. The quantitative estimate of drug-likeness (QED) is 0.762. The predicted molar refractivity (Wildman–Crippen MR) is 93.5 cm³/mol. The minimum atomic E-state index is -3.56. The average Bonchev–Trinajstić information content (AvgIpc) is 3.04. The van der Waals surface area contributed by atoms with Crippen molar-refractivity contribution in [2.75, 3.05) is 40.3 Å². The van der Waals surface area contributed by atoms with Crippen molar-refractivity contribution in [2.45, 2.75) is 43.2 Å². The molecule has 0 unspecified atom stereocenters. The number of hydrogen-bond donors (Lipinski definition) is 0. The lowest BCUT2D eigenvalue weighted by Crippen LogP contribution is -2.62. The van der Waals surface area contributed by atoms with Gasteiger partial charge in [-0.15, -0.1) is 0 Å². The maximum Gasteiger partial charge on any atom is 0.246 e. The zero-order chi connectivity index (χ0) is 18.2. The number of sulfonamides is 1. The molecule has 1 aromatic rings. The molecule has 2 aliphatic heterocycles. The van der Waals surface area contributed by atoms with E-state index < -0.39 is 10.0 Å². The van der Waals surface area contributed by atoms with Crippen molar-refractivity contribution in [3.05, 3.63) is 12.4 Å². The van der Waals surface area contributed by atoms with E-state index in [2.05, 4.69) is 10.00 Å². The molecule has 0 radical (unpaired) electrons. The predicted octanol–water partition coefficient (Wildman–Crippen LogP) is 0.220. The highest BCUT2D eigenvalue weighted by molar-refractivity contribution is 7.89. The van der Waals surface area contributed by atoms with E-state index in [0.29, 0.717) is 45.6 Å². The molecule has 25 heavy (non-hydrogen) atoms. The molecule has 0 N–H and O–H groups in total. The van der Waals surface area contributed by atoms with Gasteiger partial charge >= 0.3 is 0 Å². The maximum atomic E-state index is 13.0. The van der Waals surface area contributed by atoms with Crippen LogP contribution in [0.15, 0.2) is 17.3 Å². The molecule has 0 aromatic carbocycles. The van der Waals surface area contributed by atoms with Gasteiger partial charge in [-0.3, -0.25) is 14.4 Å². The fourth-order valence-electron chi connectivity index (χ4n) is 3.73. The van der Waals surface area contributed by atoms with Crippen molar-refractivity contribution in [1.82, 2.24) is 23.9 Å². The third-order valence-corrected chi connectivity index (χ3v) is 7.48. The number of likely N-dealkylation sites (tertiary alicyclic amines) is 1. The minimum Gasteiger partial charge on any atom is -0.346 e. The Bertz CT molecular complexity index is 747. The lowest BCUT2D eigenvalue weighted by atomic mass is 9.87. The summed E-state index contributed by atoms with van der Waals surface area (Å²) in [5.74, 6) is 0.134. The summed E-state index contributed by atoms with van der Waals surface area (Å²) in [6, 6.07) is 0. The first kappa shape index (κ1) is 18.3. The fourth-order valence-corrected chi connectivity index (χ4v) is 5.19. The number of carbonyl (C=O) groups is 1. The van der Waals surface area contributed by atoms with E-state index in [1.165, 1.54) is 6.20 Å². The van der Waals surface area contributed by atoms with Crippen LogP contribution in [-0.2, 0) is 21.4 Å². The lowest BCUT2D eigenvalue weighted by Gasteiger charge is -2.48. The number of hydrogen-bond acceptors (Lipinski definition) is 5. The smallest absolute Gasteiger partial charge is 0.246 e. The van der Waals surface area contributed by atoms with E-state index in [1.807, 2.05) is 21.0 Å². The van der Waals surface area contributed by atoms with Gasteiger partial charge in [0.25, 0.3) is 0 Å². The van der Waals surface area contributed by atoms with Crippen molar-refractivity contribution in [3.63, 3.8) is 0 Å². The number of amides is 1. The van der Waals surface area contributed by atoms with Gasteiger partial charge in [0, 0.05) is 57.9 Å². The topological polar surface area (TPSA) is 78.8 Å². The Kier molecular flexibility index (Phi) is 4.91. The zero-order valence-corrected chi connectivity index (χ0v) is 16.0. The number of aryl methyl sites for hydroxylation is 1. The second kappa shape index (κ2) is 6.69. The van der Waals surface area contributed by atoms with Crippen LogP contribution in [-0.4, -0.2) is 84.0 Å². The van der Waals surface area contributed by atoms with Crippen molar-refractivity contribution in [1.29, 1.82) is 0 Å². The highest BCUT2D eigenvalue weighted by atomic mass is 32.2. The van der Waals surface area contributed by atoms with Crippen LogP contribution in [0.3, 0.4) is 0 Å². The van der Waals surface area contributed by atoms with E-state index >= 15 is 0 Å². The second-order valence-corrected chi connectivity index (χ2v) is 9.02. The summed E-state index contributed by atoms with van der Waals surface area (Å²) in [5, 5.41) is 4.10. The van der Waals surface area contributed by atoms with Crippen molar-refractivity contribution in [3.8, 4) is 0 Å². The first-order valence-corrected chi connectivity index (χ1v) is 10.2. The summed E-state index contributed by atoms with van der Waals surface area (Å²) in [4.78, 5) is 16.3. The van der Waals surface area contributed by atoms with Crippen LogP contribution in [0, 0.1) is 0 Å². The van der Waals surface area contributed by atoms with Gasteiger partial charge in [0.05, 0.1) is 6.20 Å².